The van der Waals surface area contributed by atoms with Gasteiger partial charge in [-0.15, -0.1) is 0 Å². The van der Waals surface area contributed by atoms with Crippen LogP contribution in [0.1, 0.15) is 16.7 Å². The molecular weight excluding hydrogens is 340 g/mol. The van der Waals surface area contributed by atoms with Crippen LogP contribution in [0.4, 0.5) is 26.3 Å². The molecule has 1 heterocycles. The summed E-state index contributed by atoms with van der Waals surface area (Å²) in [4.78, 5) is 10.4. The first kappa shape index (κ1) is 17.6. The molecule has 128 valence electrons. The van der Waals surface area contributed by atoms with Gasteiger partial charge in [-0.05, 0) is 35.9 Å². The predicted molar refractivity (Wildman–Crippen MR) is 72.4 cm³/mol. The molecule has 0 spiro atoms. The molecule has 0 radical (unpaired) electrons. The Morgan fingerprint density at radius 1 is 1.00 bits per heavy atom. The largest absolute Gasteiger partial charge is 0.478 e. The van der Waals surface area contributed by atoms with E-state index < -0.39 is 29.4 Å². The van der Waals surface area contributed by atoms with Gasteiger partial charge in [0.05, 0.1) is 11.1 Å². The van der Waals surface area contributed by atoms with Crippen LogP contribution in [0.25, 0.3) is 11.8 Å². The molecule has 0 saturated carbocycles. The summed E-state index contributed by atoms with van der Waals surface area (Å²) in [6.45, 7) is 0. The molecule has 0 fully saturated rings. The standard InChI is InChI=1S/C15H9F6NO2/c16-14(17,18)10-5-11(15(19,20)21)7-12(6-10)22-4-3-9(8-22)1-2-13(23)24/h1-8H,(H,23,24). The molecule has 1 aromatic heterocycles. The Balaban J connectivity index is 2.52. The predicted octanol–water partition coefficient (Wildman–Crippen LogP) is 4.61. The van der Waals surface area contributed by atoms with Crippen LogP contribution in [0, 0.1) is 0 Å². The molecule has 0 atom stereocenters. The molecule has 0 amide bonds. The van der Waals surface area contributed by atoms with Crippen molar-refractivity contribution in [1.82, 2.24) is 4.57 Å². The normalized spacial score (nSPS) is 12.8. The SMILES string of the molecule is O=C(O)C=Cc1ccn(-c2cc(C(F)(F)F)cc(C(F)(F)F)c2)c1. The fourth-order valence-electron chi connectivity index (χ4n) is 1.93. The summed E-state index contributed by atoms with van der Waals surface area (Å²) in [6, 6.07) is 2.56. The molecule has 2 rings (SSSR count). The van der Waals surface area contributed by atoms with Crippen LogP contribution >= 0.6 is 0 Å². The van der Waals surface area contributed by atoms with Crippen molar-refractivity contribution in [2.75, 3.05) is 0 Å². The second-order valence-electron chi connectivity index (χ2n) is 4.79. The lowest BCUT2D eigenvalue weighted by Gasteiger charge is -2.14. The summed E-state index contributed by atoms with van der Waals surface area (Å²) < 4.78 is 77.9. The van der Waals surface area contributed by atoms with Crippen molar-refractivity contribution in [3.05, 3.63) is 59.4 Å². The maximum absolute atomic E-state index is 12.8. The lowest BCUT2D eigenvalue weighted by Crippen LogP contribution is -2.12. The van der Waals surface area contributed by atoms with Crippen LogP contribution in [0.15, 0.2) is 42.7 Å². The maximum Gasteiger partial charge on any atom is 0.416 e. The Bertz CT molecular complexity index is 754. The number of halogens is 6. The van der Waals surface area contributed by atoms with Gasteiger partial charge in [-0.3, -0.25) is 0 Å². The van der Waals surface area contributed by atoms with Gasteiger partial charge in [-0.2, -0.15) is 26.3 Å². The summed E-state index contributed by atoms with van der Waals surface area (Å²) in [7, 11) is 0. The van der Waals surface area contributed by atoms with Gasteiger partial charge in [0, 0.05) is 24.2 Å². The zero-order valence-corrected chi connectivity index (χ0v) is 11.7. The van der Waals surface area contributed by atoms with Gasteiger partial charge in [0.1, 0.15) is 0 Å². The average molecular weight is 349 g/mol. The first-order valence-corrected chi connectivity index (χ1v) is 6.36. The minimum atomic E-state index is -4.94. The van der Waals surface area contributed by atoms with Crippen molar-refractivity contribution in [1.29, 1.82) is 0 Å². The van der Waals surface area contributed by atoms with E-state index in [4.69, 9.17) is 5.11 Å². The smallest absolute Gasteiger partial charge is 0.416 e. The summed E-state index contributed by atoms with van der Waals surface area (Å²) >= 11 is 0. The van der Waals surface area contributed by atoms with Gasteiger partial charge >= 0.3 is 18.3 Å². The highest BCUT2D eigenvalue weighted by Gasteiger charge is 2.37. The Labute approximate surface area is 131 Å². The maximum atomic E-state index is 12.8. The van der Waals surface area contributed by atoms with Crippen LogP contribution in [0.2, 0.25) is 0 Å². The van der Waals surface area contributed by atoms with E-state index in [9.17, 15) is 31.1 Å². The third-order valence-corrected chi connectivity index (χ3v) is 3.00. The molecular formula is C15H9F6NO2. The summed E-state index contributed by atoms with van der Waals surface area (Å²) in [6.07, 6.45) is -5.46. The van der Waals surface area contributed by atoms with Gasteiger partial charge in [0.25, 0.3) is 0 Å². The molecule has 0 bridgehead atoms. The fraction of sp³-hybridized carbons (Fsp3) is 0.133. The molecule has 1 aromatic carbocycles. The minimum Gasteiger partial charge on any atom is -0.478 e. The van der Waals surface area contributed by atoms with Crippen molar-refractivity contribution >= 4 is 12.0 Å². The number of aliphatic carboxylic acids is 1. The number of benzene rings is 1. The zero-order valence-electron chi connectivity index (χ0n) is 11.7. The van der Waals surface area contributed by atoms with E-state index in [1.807, 2.05) is 0 Å². The van der Waals surface area contributed by atoms with E-state index >= 15 is 0 Å². The number of hydrogen-bond donors (Lipinski definition) is 1. The van der Waals surface area contributed by atoms with Crippen LogP contribution in [-0.2, 0) is 17.1 Å². The van der Waals surface area contributed by atoms with Gasteiger partial charge in [-0.25, -0.2) is 4.79 Å². The highest BCUT2D eigenvalue weighted by atomic mass is 19.4. The van der Waals surface area contributed by atoms with E-state index in [1.165, 1.54) is 18.5 Å². The first-order chi connectivity index (χ1) is 11.0. The molecule has 24 heavy (non-hydrogen) atoms. The van der Waals surface area contributed by atoms with Crippen LogP contribution in [0.3, 0.4) is 0 Å². The Morgan fingerprint density at radius 3 is 2.00 bits per heavy atom. The quantitative estimate of drug-likeness (QED) is 0.649. The number of hydrogen-bond acceptors (Lipinski definition) is 1. The van der Waals surface area contributed by atoms with Gasteiger partial charge in [-0.1, -0.05) is 0 Å². The molecule has 0 saturated heterocycles. The molecule has 0 aliphatic heterocycles. The number of aromatic nitrogens is 1. The summed E-state index contributed by atoms with van der Waals surface area (Å²) in [5, 5.41) is 8.51. The second kappa shape index (κ2) is 6.06. The summed E-state index contributed by atoms with van der Waals surface area (Å²) in [5.74, 6) is -1.24. The molecule has 0 unspecified atom stereocenters. The van der Waals surface area contributed by atoms with Crippen LogP contribution in [-0.4, -0.2) is 15.6 Å². The van der Waals surface area contributed by atoms with Crippen molar-refractivity contribution in [2.45, 2.75) is 12.4 Å². The van der Waals surface area contributed by atoms with Crippen molar-refractivity contribution in [3.63, 3.8) is 0 Å². The highest BCUT2D eigenvalue weighted by Crippen LogP contribution is 2.37. The lowest BCUT2D eigenvalue weighted by molar-refractivity contribution is -0.143. The van der Waals surface area contributed by atoms with Gasteiger partial charge in [0.2, 0.25) is 0 Å². The van der Waals surface area contributed by atoms with Gasteiger partial charge in [0.15, 0.2) is 0 Å². The van der Waals surface area contributed by atoms with E-state index in [0.29, 0.717) is 17.7 Å². The minimum absolute atomic E-state index is 0.0399. The second-order valence-corrected chi connectivity index (χ2v) is 4.79. The molecule has 1 N–H and O–H groups in total. The monoisotopic (exact) mass is 349 g/mol. The molecule has 3 nitrogen and oxygen atoms in total. The number of rotatable bonds is 3. The van der Waals surface area contributed by atoms with E-state index in [0.717, 1.165) is 16.7 Å². The zero-order chi connectivity index (χ0) is 18.1. The van der Waals surface area contributed by atoms with Crippen LogP contribution < -0.4 is 0 Å². The average Bonchev–Trinajstić information content (AvgIpc) is 2.91. The third-order valence-electron chi connectivity index (χ3n) is 3.00. The number of alkyl halides is 6. The topological polar surface area (TPSA) is 42.2 Å². The molecule has 9 heteroatoms. The molecule has 2 aromatic rings. The number of nitrogens with zero attached hydrogens (tertiary/aromatic N) is 1. The summed E-state index contributed by atoms with van der Waals surface area (Å²) in [5.41, 5.74) is -2.89. The van der Waals surface area contributed by atoms with Crippen molar-refractivity contribution < 1.29 is 36.2 Å². The van der Waals surface area contributed by atoms with Gasteiger partial charge < -0.3 is 9.67 Å². The number of carboxylic acid groups (broad SMARTS) is 1. The van der Waals surface area contributed by atoms with E-state index in [1.54, 1.807) is 0 Å². The molecule has 0 aliphatic carbocycles. The number of carbonyl (C=O) groups is 1. The lowest BCUT2D eigenvalue weighted by atomic mass is 10.1. The molecule has 0 aliphatic rings. The first-order valence-electron chi connectivity index (χ1n) is 6.36. The highest BCUT2D eigenvalue weighted by molar-refractivity contribution is 5.85. The van der Waals surface area contributed by atoms with E-state index in [2.05, 4.69) is 0 Å². The number of carboxylic acids is 1. The van der Waals surface area contributed by atoms with Crippen molar-refractivity contribution in [2.24, 2.45) is 0 Å². The van der Waals surface area contributed by atoms with E-state index in [-0.39, 0.29) is 11.8 Å². The third kappa shape index (κ3) is 4.18. The Hall–Kier alpha value is -2.71. The Kier molecular flexibility index (Phi) is 4.46. The van der Waals surface area contributed by atoms with Crippen molar-refractivity contribution in [3.8, 4) is 5.69 Å². The Morgan fingerprint density at radius 2 is 1.54 bits per heavy atom. The fourth-order valence-corrected chi connectivity index (χ4v) is 1.93. The van der Waals surface area contributed by atoms with Crippen LogP contribution in [0.5, 0.6) is 0 Å².